The largest absolute Gasteiger partial charge is 0.416 e. The number of hydrogen-bond donors (Lipinski definition) is 1. The number of alkyl halides is 3. The summed E-state index contributed by atoms with van der Waals surface area (Å²) in [5.41, 5.74) is 1.98. The Morgan fingerprint density at radius 1 is 0.973 bits per heavy atom. The third-order valence-corrected chi connectivity index (χ3v) is 8.66. The molecule has 7 rings (SSSR count). The van der Waals surface area contributed by atoms with Gasteiger partial charge in [-0.2, -0.15) is 18.3 Å². The van der Waals surface area contributed by atoms with Crippen LogP contribution in [0.3, 0.4) is 0 Å². The molecule has 1 aliphatic heterocycles. The molecule has 1 N–H and O–H groups in total. The summed E-state index contributed by atoms with van der Waals surface area (Å²) in [4.78, 5) is 14.3. The highest BCUT2D eigenvalue weighted by Gasteiger charge is 2.36. The standard InChI is InChI=1S/C26H23F4N5OS/c27-18-10-15(26(28,29)30)5-6-16(18)21-22-24(34-25(37-22)13-3-4-13)33-23(32-21)14-7-8-36-19(9-14)17-11-31-35-20(17)12-1-2-12/h5-6,10-14,19H,1-4,7-9H2,(H,31,35)/t14?,19-/m1/s1. The Balaban J connectivity index is 1.29. The quantitative estimate of drug-likeness (QED) is 0.281. The maximum atomic E-state index is 15.1. The SMILES string of the molecule is Fc1cc(C(F)(F)F)ccc1-c1nc(C2CCO[C@@H](c3cn[nH]c3C3CC3)C2)nc2nc(C3CC3)sc12. The molecule has 3 aliphatic rings. The summed E-state index contributed by atoms with van der Waals surface area (Å²) in [6.45, 7) is 0.514. The Morgan fingerprint density at radius 3 is 2.51 bits per heavy atom. The zero-order valence-electron chi connectivity index (χ0n) is 19.7. The van der Waals surface area contributed by atoms with E-state index in [0.717, 1.165) is 48.0 Å². The van der Waals surface area contributed by atoms with E-state index in [4.69, 9.17) is 19.7 Å². The van der Waals surface area contributed by atoms with Crippen LogP contribution in [0.2, 0.25) is 0 Å². The smallest absolute Gasteiger partial charge is 0.373 e. The Morgan fingerprint density at radius 2 is 1.78 bits per heavy atom. The van der Waals surface area contributed by atoms with Gasteiger partial charge >= 0.3 is 6.18 Å². The number of hydrogen-bond acceptors (Lipinski definition) is 6. The second-order valence-corrected chi connectivity index (χ2v) is 11.2. The van der Waals surface area contributed by atoms with Crippen molar-refractivity contribution in [2.75, 3.05) is 6.61 Å². The minimum absolute atomic E-state index is 0.0297. The van der Waals surface area contributed by atoms with Crippen LogP contribution < -0.4 is 0 Å². The van der Waals surface area contributed by atoms with Crippen LogP contribution in [-0.2, 0) is 10.9 Å². The first-order valence-electron chi connectivity index (χ1n) is 12.6. The first kappa shape index (κ1) is 23.2. The summed E-state index contributed by atoms with van der Waals surface area (Å²) in [7, 11) is 0. The number of nitrogens with zero attached hydrogens (tertiary/aromatic N) is 4. The van der Waals surface area contributed by atoms with E-state index in [1.807, 2.05) is 6.20 Å². The molecule has 1 saturated heterocycles. The highest BCUT2D eigenvalue weighted by Crippen LogP contribution is 2.47. The average Bonchev–Trinajstić information content (AvgIpc) is 3.82. The van der Waals surface area contributed by atoms with E-state index in [0.29, 0.717) is 59.2 Å². The van der Waals surface area contributed by atoms with E-state index in [1.54, 1.807) is 0 Å². The van der Waals surface area contributed by atoms with Gasteiger partial charge in [-0.05, 0) is 56.7 Å². The number of aromatic nitrogens is 5. The van der Waals surface area contributed by atoms with Crippen LogP contribution in [0.15, 0.2) is 24.4 Å². The second-order valence-electron chi connectivity index (χ2n) is 10.2. The predicted octanol–water partition coefficient (Wildman–Crippen LogP) is 7.02. The van der Waals surface area contributed by atoms with Crippen molar-refractivity contribution in [2.24, 2.45) is 0 Å². The number of thiazole rings is 1. The van der Waals surface area contributed by atoms with Crippen LogP contribution in [0, 0.1) is 5.82 Å². The zero-order valence-corrected chi connectivity index (χ0v) is 20.5. The minimum Gasteiger partial charge on any atom is -0.373 e. The Kier molecular flexibility index (Phi) is 5.37. The molecule has 3 fully saturated rings. The fraction of sp³-hybridized carbons (Fsp3) is 0.462. The van der Waals surface area contributed by atoms with Gasteiger partial charge in [-0.15, -0.1) is 11.3 Å². The van der Waals surface area contributed by atoms with Crippen LogP contribution in [0.5, 0.6) is 0 Å². The van der Waals surface area contributed by atoms with Gasteiger partial charge in [0.2, 0.25) is 0 Å². The number of nitrogens with one attached hydrogen (secondary N) is 1. The average molecular weight is 530 g/mol. The number of halogens is 4. The minimum atomic E-state index is -4.63. The fourth-order valence-electron chi connectivity index (χ4n) is 5.12. The second kappa shape index (κ2) is 8.56. The van der Waals surface area contributed by atoms with Crippen LogP contribution >= 0.6 is 11.3 Å². The van der Waals surface area contributed by atoms with E-state index >= 15 is 4.39 Å². The predicted molar refractivity (Wildman–Crippen MR) is 129 cm³/mol. The molecule has 4 aromatic rings. The van der Waals surface area contributed by atoms with Gasteiger partial charge in [0.25, 0.3) is 0 Å². The molecule has 6 nitrogen and oxygen atoms in total. The lowest BCUT2D eigenvalue weighted by atomic mass is 9.90. The van der Waals surface area contributed by atoms with Crippen molar-refractivity contribution < 1.29 is 22.3 Å². The molecule has 2 atom stereocenters. The number of rotatable bonds is 5. The van der Waals surface area contributed by atoms with Crippen molar-refractivity contribution in [1.29, 1.82) is 0 Å². The molecule has 0 amide bonds. The first-order valence-corrected chi connectivity index (χ1v) is 13.4. The van der Waals surface area contributed by atoms with Gasteiger partial charge in [0, 0.05) is 41.2 Å². The number of fused-ring (bicyclic) bond motifs is 1. The Labute approximate surface area is 213 Å². The highest BCUT2D eigenvalue weighted by atomic mass is 32.1. The van der Waals surface area contributed by atoms with Crippen molar-refractivity contribution in [2.45, 2.75) is 68.6 Å². The van der Waals surface area contributed by atoms with Crippen LogP contribution in [-0.4, -0.2) is 31.8 Å². The van der Waals surface area contributed by atoms with Crippen molar-refractivity contribution in [3.63, 3.8) is 0 Å². The summed E-state index contributed by atoms with van der Waals surface area (Å²) < 4.78 is 61.4. The third kappa shape index (κ3) is 4.31. The first-order chi connectivity index (χ1) is 17.8. The molecule has 11 heteroatoms. The van der Waals surface area contributed by atoms with Gasteiger partial charge in [-0.25, -0.2) is 19.3 Å². The lowest BCUT2D eigenvalue weighted by Crippen LogP contribution is -2.21. The molecule has 0 bridgehead atoms. The summed E-state index contributed by atoms with van der Waals surface area (Å²) in [6, 6.07) is 2.60. The molecule has 4 heterocycles. The lowest BCUT2D eigenvalue weighted by molar-refractivity contribution is -0.137. The lowest BCUT2D eigenvalue weighted by Gasteiger charge is -2.29. The maximum absolute atomic E-state index is 15.1. The summed E-state index contributed by atoms with van der Waals surface area (Å²) in [5, 5.41) is 8.29. The monoisotopic (exact) mass is 529 g/mol. The molecule has 2 aliphatic carbocycles. The van der Waals surface area contributed by atoms with Gasteiger partial charge in [0.15, 0.2) is 5.65 Å². The molecule has 0 spiro atoms. The molecule has 37 heavy (non-hydrogen) atoms. The summed E-state index contributed by atoms with van der Waals surface area (Å²) in [6.07, 6.45) is 2.73. The maximum Gasteiger partial charge on any atom is 0.416 e. The molecule has 192 valence electrons. The van der Waals surface area contributed by atoms with Gasteiger partial charge < -0.3 is 4.74 Å². The van der Waals surface area contributed by atoms with Gasteiger partial charge in [-0.3, -0.25) is 5.10 Å². The van der Waals surface area contributed by atoms with Gasteiger partial charge in [-0.1, -0.05) is 0 Å². The van der Waals surface area contributed by atoms with E-state index in [9.17, 15) is 13.2 Å². The number of aromatic amines is 1. The molecule has 1 aromatic carbocycles. The van der Waals surface area contributed by atoms with Crippen LogP contribution in [0.1, 0.15) is 90.0 Å². The highest BCUT2D eigenvalue weighted by molar-refractivity contribution is 7.19. The Bertz CT molecular complexity index is 1490. The zero-order chi connectivity index (χ0) is 25.3. The van der Waals surface area contributed by atoms with E-state index < -0.39 is 17.6 Å². The van der Waals surface area contributed by atoms with Gasteiger partial charge in [0.1, 0.15) is 16.3 Å². The van der Waals surface area contributed by atoms with Gasteiger partial charge in [0.05, 0.1) is 28.6 Å². The summed E-state index contributed by atoms with van der Waals surface area (Å²) >= 11 is 1.41. The van der Waals surface area contributed by atoms with E-state index in [1.165, 1.54) is 17.4 Å². The van der Waals surface area contributed by atoms with E-state index in [2.05, 4.69) is 10.2 Å². The van der Waals surface area contributed by atoms with E-state index in [-0.39, 0.29) is 17.6 Å². The topological polar surface area (TPSA) is 76.6 Å². The summed E-state index contributed by atoms with van der Waals surface area (Å²) in [5.74, 6) is 0.368. The van der Waals surface area contributed by atoms with Crippen molar-refractivity contribution in [3.8, 4) is 11.3 Å². The van der Waals surface area contributed by atoms with Crippen LogP contribution in [0.25, 0.3) is 21.6 Å². The number of ether oxygens (including phenoxy) is 1. The Hall–Kier alpha value is -2.92. The van der Waals surface area contributed by atoms with Crippen molar-refractivity contribution >= 4 is 21.7 Å². The molecular formula is C26H23F4N5OS. The molecule has 1 unspecified atom stereocenters. The number of benzene rings is 1. The molecule has 2 saturated carbocycles. The normalized spacial score (nSPS) is 22.6. The van der Waals surface area contributed by atoms with Crippen molar-refractivity contribution in [1.82, 2.24) is 25.1 Å². The third-order valence-electron chi connectivity index (χ3n) is 7.45. The van der Waals surface area contributed by atoms with Crippen LogP contribution in [0.4, 0.5) is 17.6 Å². The molecule has 3 aromatic heterocycles. The molecular weight excluding hydrogens is 506 g/mol. The fourth-order valence-corrected chi connectivity index (χ4v) is 6.30. The molecule has 0 radical (unpaired) electrons. The number of H-pyrrole nitrogens is 1. The van der Waals surface area contributed by atoms with Crippen molar-refractivity contribution in [3.05, 3.63) is 57.9 Å².